The summed E-state index contributed by atoms with van der Waals surface area (Å²) in [5.74, 6) is -0.216. The van der Waals surface area contributed by atoms with Crippen LogP contribution in [0.15, 0.2) is 42.5 Å². The van der Waals surface area contributed by atoms with Gasteiger partial charge in [-0.05, 0) is 42.9 Å². The van der Waals surface area contributed by atoms with E-state index in [0.717, 1.165) is 42.6 Å². The zero-order valence-electron chi connectivity index (χ0n) is 15.2. The number of aromatic amines is 1. The fourth-order valence-electron chi connectivity index (χ4n) is 3.31. The Morgan fingerprint density at radius 2 is 1.89 bits per heavy atom. The van der Waals surface area contributed by atoms with Crippen molar-refractivity contribution in [3.05, 3.63) is 58.7 Å². The number of hydrogen-bond donors (Lipinski definition) is 2. The number of nitrogens with one attached hydrogen (secondary N) is 2. The van der Waals surface area contributed by atoms with Crippen LogP contribution in [0.4, 0.5) is 5.69 Å². The Kier molecular flexibility index (Phi) is 5.01. The smallest absolute Gasteiger partial charge is 0.272 e. The van der Waals surface area contributed by atoms with Gasteiger partial charge in [0.1, 0.15) is 0 Å². The number of fused-ring (bicyclic) bond motifs is 1. The molecule has 0 aliphatic carbocycles. The zero-order chi connectivity index (χ0) is 18.8. The molecule has 3 aromatic rings. The number of carbonyl (C=O) groups is 1. The van der Waals surface area contributed by atoms with E-state index in [2.05, 4.69) is 56.6 Å². The summed E-state index contributed by atoms with van der Waals surface area (Å²) in [5.41, 5.74) is 3.44. The van der Waals surface area contributed by atoms with Crippen molar-refractivity contribution in [2.24, 2.45) is 0 Å². The first-order chi connectivity index (χ1) is 13.1. The molecule has 1 fully saturated rings. The quantitative estimate of drug-likeness (QED) is 0.727. The van der Waals surface area contributed by atoms with Crippen molar-refractivity contribution < 1.29 is 4.79 Å². The molecule has 0 saturated carbocycles. The second-order valence-corrected chi connectivity index (χ2v) is 7.34. The third-order valence-electron chi connectivity index (χ3n) is 5.00. The molecule has 1 amide bonds. The van der Waals surface area contributed by atoms with Gasteiger partial charge in [-0.1, -0.05) is 23.7 Å². The second kappa shape index (κ2) is 7.58. The van der Waals surface area contributed by atoms with Gasteiger partial charge in [0.2, 0.25) is 0 Å². The number of anilines is 1. The number of carbonyl (C=O) groups excluding carboxylic acids is 1. The minimum atomic E-state index is -0.216. The lowest BCUT2D eigenvalue weighted by molar-refractivity contribution is 0.0947. The van der Waals surface area contributed by atoms with E-state index in [0.29, 0.717) is 17.3 Å². The number of halogens is 1. The number of H-pyrrole nitrogens is 1. The Labute approximate surface area is 163 Å². The molecule has 2 N–H and O–H groups in total. The van der Waals surface area contributed by atoms with Gasteiger partial charge in [0, 0.05) is 48.8 Å². The highest BCUT2D eigenvalue weighted by Crippen LogP contribution is 2.21. The lowest BCUT2D eigenvalue weighted by Gasteiger charge is -2.34. The lowest BCUT2D eigenvalue weighted by Crippen LogP contribution is -2.44. The van der Waals surface area contributed by atoms with Crippen molar-refractivity contribution in [1.29, 1.82) is 0 Å². The van der Waals surface area contributed by atoms with Gasteiger partial charge in [-0.15, -0.1) is 0 Å². The van der Waals surface area contributed by atoms with Crippen LogP contribution in [0.25, 0.3) is 10.9 Å². The van der Waals surface area contributed by atoms with E-state index in [1.807, 2.05) is 6.07 Å². The third-order valence-corrected chi connectivity index (χ3v) is 5.23. The second-order valence-electron chi connectivity index (χ2n) is 6.90. The first kappa shape index (κ1) is 17.8. The van der Waals surface area contributed by atoms with E-state index < -0.39 is 0 Å². The van der Waals surface area contributed by atoms with E-state index in [1.54, 1.807) is 12.1 Å². The van der Waals surface area contributed by atoms with Crippen molar-refractivity contribution in [2.75, 3.05) is 38.1 Å². The fraction of sp³-hybridized carbons (Fsp3) is 0.300. The molecule has 27 heavy (non-hydrogen) atoms. The van der Waals surface area contributed by atoms with Crippen molar-refractivity contribution in [1.82, 2.24) is 20.4 Å². The summed E-state index contributed by atoms with van der Waals surface area (Å²) in [7, 11) is 2.15. The molecule has 0 unspecified atom stereocenters. The molecular weight excluding hydrogens is 362 g/mol. The highest BCUT2D eigenvalue weighted by molar-refractivity contribution is 6.31. The Morgan fingerprint density at radius 1 is 1.15 bits per heavy atom. The SMILES string of the molecule is CN1CCN(c2ccc(CNC(=O)c3n[nH]c4ccc(Cl)cc34)cc2)CC1. The van der Waals surface area contributed by atoms with Crippen molar-refractivity contribution in [2.45, 2.75) is 6.54 Å². The molecule has 0 spiro atoms. The fourth-order valence-corrected chi connectivity index (χ4v) is 3.49. The summed E-state index contributed by atoms with van der Waals surface area (Å²) < 4.78 is 0. The maximum atomic E-state index is 12.5. The number of amides is 1. The largest absolute Gasteiger partial charge is 0.369 e. The molecule has 1 aliphatic heterocycles. The average molecular weight is 384 g/mol. The van der Waals surface area contributed by atoms with Gasteiger partial charge in [0.15, 0.2) is 5.69 Å². The van der Waals surface area contributed by atoms with Crippen LogP contribution in [0, 0.1) is 0 Å². The first-order valence-corrected chi connectivity index (χ1v) is 9.42. The topological polar surface area (TPSA) is 64.3 Å². The van der Waals surface area contributed by atoms with Gasteiger partial charge < -0.3 is 15.1 Å². The molecule has 140 valence electrons. The van der Waals surface area contributed by atoms with Gasteiger partial charge in [0.05, 0.1) is 5.52 Å². The number of piperazine rings is 1. The standard InChI is InChI=1S/C20H22ClN5O/c1-25-8-10-26(11-9-25)16-5-2-14(3-6-16)13-22-20(27)19-17-12-15(21)4-7-18(17)23-24-19/h2-7,12H,8-11,13H2,1H3,(H,22,27)(H,23,24). The number of aromatic nitrogens is 2. The van der Waals surface area contributed by atoms with Gasteiger partial charge in [-0.2, -0.15) is 5.10 Å². The van der Waals surface area contributed by atoms with Crippen LogP contribution in [0.5, 0.6) is 0 Å². The Hall–Kier alpha value is -2.57. The summed E-state index contributed by atoms with van der Waals surface area (Å²) in [6.07, 6.45) is 0. The summed E-state index contributed by atoms with van der Waals surface area (Å²) in [6, 6.07) is 13.7. The first-order valence-electron chi connectivity index (χ1n) is 9.04. The number of likely N-dealkylation sites (N-methyl/N-ethyl adjacent to an activating group) is 1. The van der Waals surface area contributed by atoms with Crippen LogP contribution in [0.1, 0.15) is 16.1 Å². The summed E-state index contributed by atoms with van der Waals surface area (Å²) >= 11 is 6.03. The number of rotatable bonds is 4. The van der Waals surface area contributed by atoms with E-state index >= 15 is 0 Å². The van der Waals surface area contributed by atoms with Crippen molar-refractivity contribution in [3.63, 3.8) is 0 Å². The van der Waals surface area contributed by atoms with Crippen molar-refractivity contribution in [3.8, 4) is 0 Å². The number of nitrogens with zero attached hydrogens (tertiary/aromatic N) is 3. The van der Waals surface area contributed by atoms with Gasteiger partial charge in [-0.25, -0.2) is 0 Å². The summed E-state index contributed by atoms with van der Waals surface area (Å²) in [4.78, 5) is 17.2. The van der Waals surface area contributed by atoms with Crippen LogP contribution in [-0.2, 0) is 6.54 Å². The van der Waals surface area contributed by atoms with Crippen molar-refractivity contribution >= 4 is 34.1 Å². The number of hydrogen-bond acceptors (Lipinski definition) is 4. The van der Waals surface area contributed by atoms with Crippen LogP contribution < -0.4 is 10.2 Å². The number of benzene rings is 2. The molecule has 1 aliphatic rings. The van der Waals surface area contributed by atoms with E-state index in [-0.39, 0.29) is 5.91 Å². The van der Waals surface area contributed by atoms with Crippen LogP contribution in [0.2, 0.25) is 5.02 Å². The Bertz CT molecular complexity index is 945. The normalized spacial score (nSPS) is 15.3. The maximum Gasteiger partial charge on any atom is 0.272 e. The molecule has 0 atom stereocenters. The van der Waals surface area contributed by atoms with E-state index in [1.165, 1.54) is 5.69 Å². The predicted molar refractivity (Wildman–Crippen MR) is 108 cm³/mol. The maximum absolute atomic E-state index is 12.5. The van der Waals surface area contributed by atoms with E-state index in [9.17, 15) is 4.79 Å². The average Bonchev–Trinajstić information content (AvgIpc) is 3.10. The minimum absolute atomic E-state index is 0.216. The van der Waals surface area contributed by atoms with Gasteiger partial charge >= 0.3 is 0 Å². The Balaban J connectivity index is 1.39. The summed E-state index contributed by atoms with van der Waals surface area (Å²) in [5, 5.41) is 11.2. The molecule has 4 rings (SSSR count). The van der Waals surface area contributed by atoms with E-state index in [4.69, 9.17) is 11.6 Å². The molecule has 2 heterocycles. The molecule has 1 aromatic heterocycles. The predicted octanol–water partition coefficient (Wildman–Crippen LogP) is 2.90. The molecule has 2 aromatic carbocycles. The zero-order valence-corrected chi connectivity index (χ0v) is 16.0. The highest BCUT2D eigenvalue weighted by atomic mass is 35.5. The molecule has 0 bridgehead atoms. The molecule has 7 heteroatoms. The molecule has 0 radical (unpaired) electrons. The van der Waals surface area contributed by atoms with Gasteiger partial charge in [0.25, 0.3) is 5.91 Å². The monoisotopic (exact) mass is 383 g/mol. The minimum Gasteiger partial charge on any atom is -0.369 e. The molecular formula is C20H22ClN5O. The highest BCUT2D eigenvalue weighted by Gasteiger charge is 2.15. The molecule has 1 saturated heterocycles. The summed E-state index contributed by atoms with van der Waals surface area (Å²) in [6.45, 7) is 4.71. The third kappa shape index (κ3) is 3.91. The molecule has 6 nitrogen and oxygen atoms in total. The van der Waals surface area contributed by atoms with Crippen LogP contribution in [0.3, 0.4) is 0 Å². The lowest BCUT2D eigenvalue weighted by atomic mass is 10.1. The van der Waals surface area contributed by atoms with Gasteiger partial charge in [-0.3, -0.25) is 9.89 Å². The Morgan fingerprint density at radius 3 is 2.63 bits per heavy atom. The van der Waals surface area contributed by atoms with Crippen LogP contribution in [-0.4, -0.2) is 54.2 Å². The van der Waals surface area contributed by atoms with Crippen LogP contribution >= 0.6 is 11.6 Å².